The van der Waals surface area contributed by atoms with Gasteiger partial charge in [0.2, 0.25) is 10.0 Å². The third-order valence-electron chi connectivity index (χ3n) is 3.53. The number of sulfonamides is 1. The van der Waals surface area contributed by atoms with E-state index < -0.39 is 14.9 Å². The Morgan fingerprint density at radius 1 is 1.17 bits per heavy atom. The van der Waals surface area contributed by atoms with Gasteiger partial charge in [0.25, 0.3) is 5.69 Å². The molecule has 0 bridgehead atoms. The molecule has 0 saturated carbocycles. The minimum atomic E-state index is -3.62. The molecule has 128 valence electrons. The van der Waals surface area contributed by atoms with Gasteiger partial charge in [0.15, 0.2) is 0 Å². The van der Waals surface area contributed by atoms with E-state index in [1.165, 1.54) is 36.7 Å². The highest BCUT2D eigenvalue weighted by atomic mass is 32.2. The Kier molecular flexibility index (Phi) is 5.53. The Bertz CT molecular complexity index is 836. The quantitative estimate of drug-likeness (QED) is 0.565. The Morgan fingerprint density at radius 3 is 2.54 bits per heavy atom. The average molecular weight is 350 g/mol. The zero-order valence-electron chi connectivity index (χ0n) is 13.4. The van der Waals surface area contributed by atoms with Crippen LogP contribution in [0.5, 0.6) is 5.75 Å². The van der Waals surface area contributed by atoms with Crippen molar-refractivity contribution in [2.75, 3.05) is 14.2 Å². The SMILES string of the molecule is COc1ccccc1CN(C)S(=O)(=O)Cc1cccc([N+](=O)[O-])c1. The molecule has 0 unspecified atom stereocenters. The average Bonchev–Trinajstić information content (AvgIpc) is 2.55. The molecule has 0 aliphatic heterocycles. The van der Waals surface area contributed by atoms with E-state index in [1.54, 1.807) is 30.3 Å². The van der Waals surface area contributed by atoms with Gasteiger partial charge in [-0.2, -0.15) is 0 Å². The van der Waals surface area contributed by atoms with Crippen molar-refractivity contribution < 1.29 is 18.1 Å². The van der Waals surface area contributed by atoms with Gasteiger partial charge in [0, 0.05) is 31.3 Å². The molecule has 0 fully saturated rings. The molecule has 0 amide bonds. The second-order valence-corrected chi connectivity index (χ2v) is 7.33. The van der Waals surface area contributed by atoms with Crippen molar-refractivity contribution in [2.45, 2.75) is 12.3 Å². The monoisotopic (exact) mass is 350 g/mol. The number of hydrogen-bond acceptors (Lipinski definition) is 5. The van der Waals surface area contributed by atoms with Crippen LogP contribution in [0.4, 0.5) is 5.69 Å². The first-order valence-corrected chi connectivity index (χ1v) is 8.73. The van der Waals surface area contributed by atoms with Crippen LogP contribution in [0.3, 0.4) is 0 Å². The van der Waals surface area contributed by atoms with Gasteiger partial charge in [-0.1, -0.05) is 30.3 Å². The molecule has 0 spiro atoms. The Balaban J connectivity index is 2.17. The maximum atomic E-state index is 12.5. The lowest BCUT2D eigenvalue weighted by molar-refractivity contribution is -0.384. The minimum Gasteiger partial charge on any atom is -0.496 e. The maximum absolute atomic E-state index is 12.5. The molecular formula is C16H18N2O5S. The highest BCUT2D eigenvalue weighted by Crippen LogP contribution is 2.22. The van der Waals surface area contributed by atoms with Gasteiger partial charge < -0.3 is 4.74 Å². The van der Waals surface area contributed by atoms with E-state index in [0.29, 0.717) is 11.3 Å². The zero-order valence-corrected chi connectivity index (χ0v) is 14.2. The molecule has 0 aliphatic carbocycles. The standard InChI is InChI=1S/C16H18N2O5S/c1-17(11-14-7-3-4-9-16(14)23-2)24(21,22)12-13-6-5-8-15(10-13)18(19)20/h3-10H,11-12H2,1-2H3. The summed E-state index contributed by atoms with van der Waals surface area (Å²) in [6, 6.07) is 12.8. The summed E-state index contributed by atoms with van der Waals surface area (Å²) in [7, 11) is -0.628. The molecule has 0 aliphatic rings. The molecule has 0 radical (unpaired) electrons. The Hall–Kier alpha value is -2.45. The van der Waals surface area contributed by atoms with Crippen LogP contribution in [0.1, 0.15) is 11.1 Å². The maximum Gasteiger partial charge on any atom is 0.269 e. The number of nitro groups is 1. The van der Waals surface area contributed by atoms with Crippen molar-refractivity contribution in [3.8, 4) is 5.75 Å². The Labute approximate surface area is 140 Å². The number of rotatable bonds is 7. The van der Waals surface area contributed by atoms with Crippen molar-refractivity contribution in [3.05, 3.63) is 69.8 Å². The topological polar surface area (TPSA) is 89.8 Å². The molecule has 2 rings (SSSR count). The van der Waals surface area contributed by atoms with Crippen LogP contribution in [0.15, 0.2) is 48.5 Å². The van der Waals surface area contributed by atoms with Crippen LogP contribution in [0.2, 0.25) is 0 Å². The molecule has 0 aromatic heterocycles. The fraction of sp³-hybridized carbons (Fsp3) is 0.250. The number of nitro benzene ring substituents is 1. The number of benzene rings is 2. The van der Waals surface area contributed by atoms with E-state index in [-0.39, 0.29) is 18.0 Å². The van der Waals surface area contributed by atoms with Crippen molar-refractivity contribution in [3.63, 3.8) is 0 Å². The fourth-order valence-corrected chi connectivity index (χ4v) is 3.41. The number of nitrogens with zero attached hydrogens (tertiary/aromatic N) is 2. The van der Waals surface area contributed by atoms with Crippen molar-refractivity contribution in [1.29, 1.82) is 0 Å². The van der Waals surface area contributed by atoms with Gasteiger partial charge in [0.05, 0.1) is 17.8 Å². The first-order valence-electron chi connectivity index (χ1n) is 7.12. The van der Waals surface area contributed by atoms with Crippen LogP contribution in [0, 0.1) is 10.1 Å². The van der Waals surface area contributed by atoms with E-state index in [2.05, 4.69) is 0 Å². The number of para-hydroxylation sites is 1. The summed E-state index contributed by atoms with van der Waals surface area (Å²) in [5, 5.41) is 10.8. The van der Waals surface area contributed by atoms with Crippen LogP contribution in [0.25, 0.3) is 0 Å². The van der Waals surface area contributed by atoms with Gasteiger partial charge in [-0.15, -0.1) is 0 Å². The van der Waals surface area contributed by atoms with Gasteiger partial charge in [-0.05, 0) is 11.6 Å². The highest BCUT2D eigenvalue weighted by molar-refractivity contribution is 7.88. The third-order valence-corrected chi connectivity index (χ3v) is 5.31. The highest BCUT2D eigenvalue weighted by Gasteiger charge is 2.21. The first-order chi connectivity index (χ1) is 11.3. The van der Waals surface area contributed by atoms with Gasteiger partial charge in [-0.3, -0.25) is 10.1 Å². The molecular weight excluding hydrogens is 332 g/mol. The first kappa shape index (κ1) is 17.9. The zero-order chi connectivity index (χ0) is 17.7. The van der Waals surface area contributed by atoms with Gasteiger partial charge in [0.1, 0.15) is 5.75 Å². The number of ether oxygens (including phenoxy) is 1. The van der Waals surface area contributed by atoms with E-state index in [4.69, 9.17) is 4.74 Å². The summed E-state index contributed by atoms with van der Waals surface area (Å²) >= 11 is 0. The largest absolute Gasteiger partial charge is 0.496 e. The van der Waals surface area contributed by atoms with E-state index >= 15 is 0 Å². The molecule has 24 heavy (non-hydrogen) atoms. The minimum absolute atomic E-state index is 0.130. The second-order valence-electron chi connectivity index (χ2n) is 5.25. The van der Waals surface area contributed by atoms with Crippen LogP contribution >= 0.6 is 0 Å². The molecule has 7 nitrogen and oxygen atoms in total. The van der Waals surface area contributed by atoms with Gasteiger partial charge >= 0.3 is 0 Å². The van der Waals surface area contributed by atoms with Crippen molar-refractivity contribution in [1.82, 2.24) is 4.31 Å². The number of methoxy groups -OCH3 is 1. The van der Waals surface area contributed by atoms with Crippen molar-refractivity contribution >= 4 is 15.7 Å². The summed E-state index contributed by atoms with van der Waals surface area (Å²) in [5.41, 5.74) is 0.983. The second kappa shape index (κ2) is 7.41. The number of non-ortho nitro benzene ring substituents is 1. The number of hydrogen-bond donors (Lipinski definition) is 0. The molecule has 0 atom stereocenters. The summed E-state index contributed by atoms with van der Waals surface area (Å²) in [6.45, 7) is 0.154. The lowest BCUT2D eigenvalue weighted by atomic mass is 10.2. The van der Waals surface area contributed by atoms with E-state index in [1.807, 2.05) is 0 Å². The van der Waals surface area contributed by atoms with Crippen LogP contribution < -0.4 is 4.74 Å². The van der Waals surface area contributed by atoms with Crippen molar-refractivity contribution in [2.24, 2.45) is 0 Å². The summed E-state index contributed by atoms with van der Waals surface area (Å²) in [5.74, 6) is 0.301. The molecule has 0 heterocycles. The molecule has 2 aromatic carbocycles. The summed E-state index contributed by atoms with van der Waals surface area (Å²) < 4.78 is 31.4. The summed E-state index contributed by atoms with van der Waals surface area (Å²) in [6.07, 6.45) is 0. The fourth-order valence-electron chi connectivity index (χ4n) is 2.25. The van der Waals surface area contributed by atoms with Crippen LogP contribution in [-0.4, -0.2) is 31.8 Å². The molecule has 2 aromatic rings. The third kappa shape index (κ3) is 4.30. The lowest BCUT2D eigenvalue weighted by Gasteiger charge is -2.18. The normalized spacial score (nSPS) is 11.5. The van der Waals surface area contributed by atoms with Gasteiger partial charge in [-0.25, -0.2) is 12.7 Å². The predicted molar refractivity (Wildman–Crippen MR) is 90.2 cm³/mol. The predicted octanol–water partition coefficient (Wildman–Crippen LogP) is 2.57. The van der Waals surface area contributed by atoms with E-state index in [0.717, 1.165) is 5.56 Å². The molecule has 8 heteroatoms. The van der Waals surface area contributed by atoms with E-state index in [9.17, 15) is 18.5 Å². The summed E-state index contributed by atoms with van der Waals surface area (Å²) in [4.78, 5) is 10.2. The van der Waals surface area contributed by atoms with Crippen LogP contribution in [-0.2, 0) is 22.3 Å². The molecule has 0 saturated heterocycles. The smallest absolute Gasteiger partial charge is 0.269 e. The lowest BCUT2D eigenvalue weighted by Crippen LogP contribution is -2.28. The Morgan fingerprint density at radius 2 is 1.88 bits per heavy atom. The molecule has 0 N–H and O–H groups in total.